The Balaban J connectivity index is 1.96. The maximum Gasteiger partial charge on any atom is 0.249 e. The van der Waals surface area contributed by atoms with Crippen molar-refractivity contribution in [1.29, 1.82) is 5.26 Å². The van der Waals surface area contributed by atoms with Crippen LogP contribution in [0.25, 0.3) is 0 Å². The van der Waals surface area contributed by atoms with E-state index in [-0.39, 0.29) is 29.4 Å². The van der Waals surface area contributed by atoms with Crippen molar-refractivity contribution in [3.63, 3.8) is 0 Å². The first-order chi connectivity index (χ1) is 13.9. The molecule has 0 aromatic heterocycles. The van der Waals surface area contributed by atoms with Crippen LogP contribution < -0.4 is 0 Å². The first-order valence-electron chi connectivity index (χ1n) is 9.62. The Kier molecular flexibility index (Phi) is 5.69. The molecule has 1 heterocycles. The number of hydrogen-bond acceptors (Lipinski definition) is 3. The number of halogens is 1. The molecule has 0 bridgehead atoms. The predicted molar refractivity (Wildman–Crippen MR) is 107 cm³/mol. The molecular weight excluding hydrogens is 369 g/mol. The summed E-state index contributed by atoms with van der Waals surface area (Å²) in [4.78, 5) is 29.7. The average Bonchev–Trinajstić information content (AvgIpc) is 2.74. The zero-order chi connectivity index (χ0) is 21.2. The molecule has 1 fully saturated rings. The van der Waals surface area contributed by atoms with Crippen LogP contribution in [-0.4, -0.2) is 47.3 Å². The number of likely N-dealkylation sites (N-methyl/N-ethyl adjacent to an activating group) is 2. The third kappa shape index (κ3) is 3.49. The summed E-state index contributed by atoms with van der Waals surface area (Å²) in [5.74, 6) is -0.972. The van der Waals surface area contributed by atoms with Gasteiger partial charge in [-0.05, 0) is 24.1 Å². The molecule has 0 saturated carbocycles. The second-order valence-electron chi connectivity index (χ2n) is 7.46. The van der Waals surface area contributed by atoms with Crippen LogP contribution in [0.3, 0.4) is 0 Å². The largest absolute Gasteiger partial charge is 0.331 e. The van der Waals surface area contributed by atoms with Gasteiger partial charge in [-0.2, -0.15) is 5.26 Å². The van der Waals surface area contributed by atoms with E-state index in [1.54, 1.807) is 14.1 Å². The lowest BCUT2D eigenvalue weighted by atomic mass is 9.81. The summed E-state index contributed by atoms with van der Waals surface area (Å²) in [5, 5.41) is 9.30. The second kappa shape index (κ2) is 8.04. The van der Waals surface area contributed by atoms with Crippen molar-refractivity contribution in [2.75, 3.05) is 14.1 Å². The highest BCUT2D eigenvalue weighted by Gasteiger charge is 2.52. The Morgan fingerprint density at radius 2 is 1.79 bits per heavy atom. The highest BCUT2D eigenvalue weighted by atomic mass is 19.1. The number of rotatable bonds is 5. The number of amides is 2. The van der Waals surface area contributed by atoms with E-state index in [1.165, 1.54) is 28.0 Å². The minimum Gasteiger partial charge on any atom is -0.331 e. The van der Waals surface area contributed by atoms with Gasteiger partial charge < -0.3 is 9.80 Å². The van der Waals surface area contributed by atoms with E-state index >= 15 is 0 Å². The van der Waals surface area contributed by atoms with Crippen LogP contribution in [0.4, 0.5) is 4.39 Å². The molecule has 0 aliphatic carbocycles. The SMILES string of the molecule is CCC1(Cc2ccccc2)C(=O)N(C)C(Cc2c(F)cccc2C#N)C(=O)N1C. The molecule has 5 nitrogen and oxygen atoms in total. The van der Waals surface area contributed by atoms with Gasteiger partial charge in [-0.3, -0.25) is 9.59 Å². The fraction of sp³-hybridized carbons (Fsp3) is 0.348. The first-order valence-corrected chi connectivity index (χ1v) is 9.62. The van der Waals surface area contributed by atoms with Gasteiger partial charge >= 0.3 is 0 Å². The van der Waals surface area contributed by atoms with E-state index in [0.29, 0.717) is 12.8 Å². The van der Waals surface area contributed by atoms with Crippen molar-refractivity contribution < 1.29 is 14.0 Å². The quantitative estimate of drug-likeness (QED) is 0.785. The highest BCUT2D eigenvalue weighted by molar-refractivity contribution is 6.00. The minimum atomic E-state index is -0.989. The van der Waals surface area contributed by atoms with Crippen LogP contribution in [0.2, 0.25) is 0 Å². The molecule has 2 unspecified atom stereocenters. The topological polar surface area (TPSA) is 64.4 Å². The monoisotopic (exact) mass is 393 g/mol. The van der Waals surface area contributed by atoms with Gasteiger partial charge in [-0.25, -0.2) is 4.39 Å². The Hall–Kier alpha value is -3.20. The van der Waals surface area contributed by atoms with Crippen LogP contribution in [0.1, 0.15) is 30.0 Å². The van der Waals surface area contributed by atoms with E-state index < -0.39 is 17.4 Å². The summed E-state index contributed by atoms with van der Waals surface area (Å²) < 4.78 is 14.4. The zero-order valence-electron chi connectivity index (χ0n) is 16.9. The third-order valence-electron chi connectivity index (χ3n) is 6.00. The molecule has 2 amide bonds. The Morgan fingerprint density at radius 3 is 2.41 bits per heavy atom. The van der Waals surface area contributed by atoms with Crippen molar-refractivity contribution >= 4 is 11.8 Å². The number of nitriles is 1. The smallest absolute Gasteiger partial charge is 0.249 e. The lowest BCUT2D eigenvalue weighted by Crippen LogP contribution is -2.70. The van der Waals surface area contributed by atoms with Gasteiger partial charge in [-0.15, -0.1) is 0 Å². The third-order valence-corrected chi connectivity index (χ3v) is 6.00. The van der Waals surface area contributed by atoms with Crippen LogP contribution in [-0.2, 0) is 22.4 Å². The number of carbonyl (C=O) groups excluding carboxylic acids is 2. The first kappa shape index (κ1) is 20.5. The lowest BCUT2D eigenvalue weighted by Gasteiger charge is -2.50. The number of piperazine rings is 1. The van der Waals surface area contributed by atoms with E-state index in [9.17, 15) is 19.2 Å². The molecule has 2 aromatic rings. The van der Waals surface area contributed by atoms with Gasteiger partial charge in [0.15, 0.2) is 0 Å². The Labute approximate surface area is 170 Å². The molecule has 0 N–H and O–H groups in total. The van der Waals surface area contributed by atoms with Gasteiger partial charge in [0.2, 0.25) is 11.8 Å². The van der Waals surface area contributed by atoms with Gasteiger partial charge in [0.1, 0.15) is 17.4 Å². The second-order valence-corrected chi connectivity index (χ2v) is 7.46. The summed E-state index contributed by atoms with van der Waals surface area (Å²) in [6.07, 6.45) is 0.834. The van der Waals surface area contributed by atoms with Crippen LogP contribution >= 0.6 is 0 Å². The summed E-state index contributed by atoms with van der Waals surface area (Å²) in [6.45, 7) is 1.89. The summed E-state index contributed by atoms with van der Waals surface area (Å²) in [7, 11) is 3.22. The standard InChI is InChI=1S/C23H24FN3O2/c1-4-23(14-16-9-6-5-7-10-16)22(29)26(2)20(21(28)27(23)3)13-18-17(15-25)11-8-12-19(18)24/h5-12,20H,4,13-14H2,1-3H3. The fourth-order valence-corrected chi connectivity index (χ4v) is 4.14. The minimum absolute atomic E-state index is 0.0356. The maximum absolute atomic E-state index is 14.4. The number of hydrogen-bond donors (Lipinski definition) is 0. The van der Waals surface area contributed by atoms with Crippen LogP contribution in [0.15, 0.2) is 48.5 Å². The van der Waals surface area contributed by atoms with E-state index in [1.807, 2.05) is 43.3 Å². The van der Waals surface area contributed by atoms with Crippen molar-refractivity contribution in [2.24, 2.45) is 0 Å². The molecule has 2 aromatic carbocycles. The summed E-state index contributed by atoms with van der Waals surface area (Å²) >= 11 is 0. The molecule has 6 heteroatoms. The lowest BCUT2D eigenvalue weighted by molar-refractivity contribution is -0.167. The van der Waals surface area contributed by atoms with Crippen LogP contribution in [0.5, 0.6) is 0 Å². The van der Waals surface area contributed by atoms with Gasteiger partial charge in [-0.1, -0.05) is 43.3 Å². The fourth-order valence-electron chi connectivity index (χ4n) is 4.14. The molecule has 3 rings (SSSR count). The number of nitrogens with zero attached hydrogens (tertiary/aromatic N) is 3. The van der Waals surface area contributed by atoms with Gasteiger partial charge in [0.25, 0.3) is 0 Å². The van der Waals surface area contributed by atoms with Gasteiger partial charge in [0, 0.05) is 32.5 Å². The van der Waals surface area contributed by atoms with Crippen LogP contribution in [0, 0.1) is 17.1 Å². The Bertz CT molecular complexity index is 970. The van der Waals surface area contributed by atoms with Gasteiger partial charge in [0.05, 0.1) is 11.6 Å². The zero-order valence-corrected chi connectivity index (χ0v) is 16.9. The Morgan fingerprint density at radius 1 is 1.10 bits per heavy atom. The summed E-state index contributed by atoms with van der Waals surface area (Å²) in [5.41, 5.74) is 0.318. The average molecular weight is 393 g/mol. The summed E-state index contributed by atoms with van der Waals surface area (Å²) in [6, 6.07) is 14.9. The highest BCUT2D eigenvalue weighted by Crippen LogP contribution is 2.33. The van der Waals surface area contributed by atoms with Crippen molar-refractivity contribution in [3.05, 3.63) is 71.0 Å². The van der Waals surface area contributed by atoms with Crippen molar-refractivity contribution in [3.8, 4) is 6.07 Å². The van der Waals surface area contributed by atoms with Crippen molar-refractivity contribution in [2.45, 2.75) is 37.8 Å². The van der Waals surface area contributed by atoms with E-state index in [4.69, 9.17) is 0 Å². The molecule has 1 aliphatic heterocycles. The number of carbonyl (C=O) groups is 2. The maximum atomic E-state index is 14.4. The predicted octanol–water partition coefficient (Wildman–Crippen LogP) is 2.93. The normalized spacial score (nSPS) is 22.0. The molecular formula is C23H24FN3O2. The molecule has 150 valence electrons. The molecule has 0 spiro atoms. The molecule has 29 heavy (non-hydrogen) atoms. The van der Waals surface area contributed by atoms with E-state index in [2.05, 4.69) is 0 Å². The van der Waals surface area contributed by atoms with Crippen molar-refractivity contribution in [1.82, 2.24) is 9.80 Å². The molecule has 1 saturated heterocycles. The molecule has 1 aliphatic rings. The van der Waals surface area contributed by atoms with E-state index in [0.717, 1.165) is 5.56 Å². The number of benzene rings is 2. The molecule has 0 radical (unpaired) electrons. The molecule has 2 atom stereocenters.